The second-order valence-electron chi connectivity index (χ2n) is 4.50. The number of carbonyl (C=O) groups is 1. The van der Waals surface area contributed by atoms with E-state index in [1.165, 1.54) is 0 Å². The molecule has 2 N–H and O–H groups in total. The van der Waals surface area contributed by atoms with Crippen molar-refractivity contribution in [3.63, 3.8) is 0 Å². The molecule has 1 atom stereocenters. The summed E-state index contributed by atoms with van der Waals surface area (Å²) in [6.07, 6.45) is 1.71. The van der Waals surface area contributed by atoms with E-state index in [2.05, 4.69) is 10.0 Å². The van der Waals surface area contributed by atoms with E-state index in [-0.39, 0.29) is 14.7 Å². The third kappa shape index (κ3) is 8.47. The summed E-state index contributed by atoms with van der Waals surface area (Å²) in [6, 6.07) is 6.83. The van der Waals surface area contributed by atoms with Crippen molar-refractivity contribution < 1.29 is 16.1 Å². The number of rotatable bonds is 7. The average Bonchev–Trinajstić information content (AvgIpc) is 2.41. The smallest absolute Gasteiger partial charge is 0.229 e. The molecular formula is C15H30N2O3S. The molecule has 1 aromatic carbocycles. The summed E-state index contributed by atoms with van der Waals surface area (Å²) in [7, 11) is -3.25. The lowest BCUT2D eigenvalue weighted by Crippen LogP contribution is -2.37. The molecule has 1 rings (SSSR count). The van der Waals surface area contributed by atoms with E-state index < -0.39 is 10.0 Å². The summed E-state index contributed by atoms with van der Waals surface area (Å²) in [4.78, 5) is 11.4. The Labute approximate surface area is 131 Å². The highest BCUT2D eigenvalue weighted by molar-refractivity contribution is 7.92. The van der Waals surface area contributed by atoms with Gasteiger partial charge in [0.2, 0.25) is 10.0 Å². The minimum absolute atomic E-state index is 0. The molecule has 0 saturated heterocycles. The Hall–Kier alpha value is -1.40. The van der Waals surface area contributed by atoms with E-state index in [4.69, 9.17) is 0 Å². The fourth-order valence-electron chi connectivity index (χ4n) is 1.76. The van der Waals surface area contributed by atoms with Gasteiger partial charge in [0.15, 0.2) is 0 Å². The number of hydrogen-bond donors (Lipinski definition) is 2. The molecule has 5 nitrogen and oxygen atoms in total. The minimum atomic E-state index is -3.25. The number of carbonyl (C=O) groups excluding carboxylic acids is 1. The van der Waals surface area contributed by atoms with Crippen molar-refractivity contribution in [2.24, 2.45) is 0 Å². The molecule has 0 radical (unpaired) electrons. The fourth-order valence-corrected chi connectivity index (χ4v) is 2.33. The maximum Gasteiger partial charge on any atom is 0.229 e. The van der Waals surface area contributed by atoms with Crippen LogP contribution in [0.3, 0.4) is 0 Å². The maximum atomic E-state index is 11.4. The first-order valence-electron chi connectivity index (χ1n) is 7.12. The van der Waals surface area contributed by atoms with Crippen molar-refractivity contribution >= 4 is 21.5 Å². The Balaban J connectivity index is -0.000000960. The highest BCUT2D eigenvalue weighted by Crippen LogP contribution is 2.12. The zero-order valence-corrected chi connectivity index (χ0v) is 14.3. The minimum Gasteiger partial charge on any atom is -0.307 e. The second kappa shape index (κ2) is 9.52. The van der Waals surface area contributed by atoms with Crippen molar-refractivity contribution in [3.8, 4) is 0 Å². The number of anilines is 1. The topological polar surface area (TPSA) is 75.3 Å². The van der Waals surface area contributed by atoms with Crippen LogP contribution in [-0.4, -0.2) is 33.0 Å². The Bertz CT molecular complexity index is 534. The zero-order chi connectivity index (χ0) is 16.5. The lowest BCUT2D eigenvalue weighted by atomic mass is 10.0. The van der Waals surface area contributed by atoms with Gasteiger partial charge in [-0.05, 0) is 37.6 Å². The Morgan fingerprint density at radius 2 is 1.76 bits per heavy atom. The van der Waals surface area contributed by atoms with E-state index in [0.717, 1.165) is 18.4 Å². The van der Waals surface area contributed by atoms with Crippen LogP contribution < -0.4 is 10.0 Å². The summed E-state index contributed by atoms with van der Waals surface area (Å²) in [5, 5.41) is 3.12. The summed E-state index contributed by atoms with van der Waals surface area (Å²) >= 11 is 0. The van der Waals surface area contributed by atoms with Gasteiger partial charge in [-0.2, -0.15) is 0 Å². The van der Waals surface area contributed by atoms with Crippen LogP contribution in [0.15, 0.2) is 24.3 Å². The standard InChI is InChI=1S/C13H20N2O3S.C2H6.2H2/c1-4-14-13(10(2)16)9-11-5-7-12(8-6-11)15-19(3,17)18;1-2;;/h5-8,13-15H,4,9H2,1-3H3;1-2H3;2*1H/t13-;;;/m0.../s1. The molecule has 0 fully saturated rings. The van der Waals surface area contributed by atoms with Crippen LogP contribution in [0.1, 0.15) is 36.1 Å². The van der Waals surface area contributed by atoms with Gasteiger partial charge < -0.3 is 5.32 Å². The first-order valence-corrected chi connectivity index (χ1v) is 9.01. The van der Waals surface area contributed by atoms with Gasteiger partial charge >= 0.3 is 0 Å². The molecule has 1 aromatic rings. The third-order valence-electron chi connectivity index (χ3n) is 2.64. The number of benzene rings is 1. The molecule has 0 aromatic heterocycles. The van der Waals surface area contributed by atoms with E-state index in [1.807, 2.05) is 32.9 Å². The molecule has 0 aliphatic heterocycles. The second-order valence-corrected chi connectivity index (χ2v) is 6.24. The monoisotopic (exact) mass is 318 g/mol. The number of hydrogen-bond acceptors (Lipinski definition) is 4. The van der Waals surface area contributed by atoms with Crippen LogP contribution in [0.25, 0.3) is 0 Å². The van der Waals surface area contributed by atoms with Gasteiger partial charge in [-0.15, -0.1) is 0 Å². The first kappa shape index (κ1) is 19.6. The third-order valence-corrected chi connectivity index (χ3v) is 3.24. The first-order chi connectivity index (χ1) is 9.81. The van der Waals surface area contributed by atoms with Crippen molar-refractivity contribution in [2.75, 3.05) is 17.5 Å². The highest BCUT2D eigenvalue weighted by Gasteiger charge is 2.13. The predicted molar refractivity (Wildman–Crippen MR) is 92.3 cm³/mol. The Morgan fingerprint density at radius 3 is 2.14 bits per heavy atom. The fraction of sp³-hybridized carbons (Fsp3) is 0.533. The van der Waals surface area contributed by atoms with E-state index in [9.17, 15) is 13.2 Å². The summed E-state index contributed by atoms with van der Waals surface area (Å²) in [5.74, 6) is 0.0974. The van der Waals surface area contributed by atoms with Crippen LogP contribution in [0, 0.1) is 0 Å². The Morgan fingerprint density at radius 1 is 1.24 bits per heavy atom. The number of Topliss-reactive ketones (excluding diaryl/α,β-unsaturated/α-hetero) is 1. The molecule has 0 spiro atoms. The molecule has 0 amide bonds. The normalized spacial score (nSPS) is 12.0. The van der Waals surface area contributed by atoms with Crippen LogP contribution >= 0.6 is 0 Å². The van der Waals surface area contributed by atoms with Crippen LogP contribution in [0.5, 0.6) is 0 Å². The average molecular weight is 318 g/mol. The lowest BCUT2D eigenvalue weighted by Gasteiger charge is -2.14. The van der Waals surface area contributed by atoms with Crippen molar-refractivity contribution in [3.05, 3.63) is 29.8 Å². The zero-order valence-electron chi connectivity index (χ0n) is 13.4. The quantitative estimate of drug-likeness (QED) is 0.810. The molecular weight excluding hydrogens is 288 g/mol. The van der Waals surface area contributed by atoms with Gasteiger partial charge in [0, 0.05) is 8.54 Å². The number of likely N-dealkylation sites (N-methyl/N-ethyl adjacent to an activating group) is 1. The largest absolute Gasteiger partial charge is 0.307 e. The van der Waals surface area contributed by atoms with Gasteiger partial charge in [0.05, 0.1) is 12.3 Å². The molecule has 0 saturated carbocycles. The molecule has 0 unspecified atom stereocenters. The molecule has 0 aliphatic rings. The van der Waals surface area contributed by atoms with Crippen LogP contribution in [0.2, 0.25) is 0 Å². The molecule has 21 heavy (non-hydrogen) atoms. The van der Waals surface area contributed by atoms with Gasteiger partial charge in [-0.3, -0.25) is 9.52 Å². The van der Waals surface area contributed by atoms with Gasteiger partial charge in [0.1, 0.15) is 5.78 Å². The van der Waals surface area contributed by atoms with E-state index >= 15 is 0 Å². The lowest BCUT2D eigenvalue weighted by molar-refractivity contribution is -0.118. The molecule has 0 bridgehead atoms. The number of nitrogens with one attached hydrogen (secondary N) is 2. The Kier molecular flexibility index (Phi) is 8.89. The summed E-state index contributed by atoms with van der Waals surface area (Å²) < 4.78 is 24.5. The predicted octanol–water partition coefficient (Wildman–Crippen LogP) is 2.69. The van der Waals surface area contributed by atoms with Crippen molar-refractivity contribution in [1.29, 1.82) is 0 Å². The SMILES string of the molecule is CC.CCN[C@@H](Cc1ccc(NS(C)(=O)=O)cc1)C(C)=O.[HH].[HH]. The van der Waals surface area contributed by atoms with E-state index in [1.54, 1.807) is 19.1 Å². The van der Waals surface area contributed by atoms with Gasteiger partial charge in [-0.25, -0.2) is 8.42 Å². The number of sulfonamides is 1. The van der Waals surface area contributed by atoms with Crippen molar-refractivity contribution in [2.45, 2.75) is 40.2 Å². The molecule has 6 heteroatoms. The number of ketones is 1. The van der Waals surface area contributed by atoms with Gasteiger partial charge in [-0.1, -0.05) is 32.9 Å². The summed E-state index contributed by atoms with van der Waals surface area (Å²) in [6.45, 7) is 8.25. The molecule has 0 heterocycles. The van der Waals surface area contributed by atoms with Gasteiger partial charge in [0.25, 0.3) is 0 Å². The van der Waals surface area contributed by atoms with Crippen LogP contribution in [-0.2, 0) is 21.2 Å². The maximum absolute atomic E-state index is 11.4. The van der Waals surface area contributed by atoms with Crippen molar-refractivity contribution in [1.82, 2.24) is 5.32 Å². The van der Waals surface area contributed by atoms with Crippen LogP contribution in [0.4, 0.5) is 5.69 Å². The van der Waals surface area contributed by atoms with E-state index in [0.29, 0.717) is 12.1 Å². The summed E-state index contributed by atoms with van der Waals surface area (Å²) in [5.41, 5.74) is 1.51. The molecule has 0 aliphatic carbocycles. The highest BCUT2D eigenvalue weighted by atomic mass is 32.2. The molecule has 124 valence electrons.